The molecule has 0 aliphatic rings. The maximum atomic E-state index is 4.83. The molecular weight excluding hydrogens is 711 g/mol. The molecule has 0 saturated heterocycles. The molecule has 0 unspecified atom stereocenters. The third-order valence-electron chi connectivity index (χ3n) is 13.3. The minimum atomic E-state index is 1.12. The molecule has 0 aliphatic heterocycles. The van der Waals surface area contributed by atoms with Crippen LogP contribution in [0.4, 0.5) is 0 Å². The third-order valence-corrected chi connectivity index (χ3v) is 13.3. The van der Waals surface area contributed by atoms with Gasteiger partial charge in [-0.25, -0.2) is 0 Å². The van der Waals surface area contributed by atoms with Crippen LogP contribution in [-0.2, 0) is 0 Å². The summed E-state index contributed by atoms with van der Waals surface area (Å²) in [7, 11) is 0. The summed E-state index contributed by atoms with van der Waals surface area (Å²) in [5.41, 5.74) is 0. The molecule has 0 aromatic carbocycles. The molecule has 356 valence electrons. The van der Waals surface area contributed by atoms with E-state index in [0.717, 1.165) is 13.1 Å². The van der Waals surface area contributed by atoms with Crippen LogP contribution >= 0.6 is 0 Å². The highest BCUT2D eigenvalue weighted by molar-refractivity contribution is 4.78. The van der Waals surface area contributed by atoms with E-state index in [1.54, 1.807) is 0 Å². The van der Waals surface area contributed by atoms with Crippen LogP contribution in [-0.4, -0.2) is 13.1 Å². The van der Waals surface area contributed by atoms with E-state index in [1.165, 1.54) is 334 Å². The predicted molar refractivity (Wildman–Crippen MR) is 276 cm³/mol. The lowest BCUT2D eigenvalue weighted by Crippen LogP contribution is -1.91. The molecule has 0 atom stereocenters. The number of nitrogens with zero attached hydrogens (tertiary/aromatic N) is 1. The van der Waals surface area contributed by atoms with Crippen LogP contribution in [0.15, 0.2) is 13.2 Å². The van der Waals surface area contributed by atoms with Gasteiger partial charge >= 0.3 is 0 Å². The van der Waals surface area contributed by atoms with Crippen LogP contribution in [0.3, 0.4) is 0 Å². The molecule has 0 N–H and O–H groups in total. The number of hydrogen-bond donors (Lipinski definition) is 0. The van der Waals surface area contributed by atoms with E-state index in [9.17, 15) is 0 Å². The maximum Gasteiger partial charge on any atom is -0.0533 e. The Labute approximate surface area is 377 Å². The summed E-state index contributed by atoms with van der Waals surface area (Å²) in [6, 6.07) is 0. The molecule has 59 heavy (non-hydrogen) atoms. The first-order valence-electron chi connectivity index (χ1n) is 28.5. The summed E-state index contributed by atoms with van der Waals surface area (Å²) in [5.74, 6) is 0. The van der Waals surface area contributed by atoms with E-state index in [1.807, 2.05) is 0 Å². The minimum absolute atomic E-state index is 1.12. The Morgan fingerprint density at radius 2 is 0.271 bits per heavy atom. The topological polar surface area (TPSA) is 14.1 Å². The molecule has 0 rings (SSSR count). The molecule has 0 bridgehead atoms. The Balaban J connectivity index is 0. The average molecular weight is 830 g/mol. The molecule has 1 heteroatoms. The lowest BCUT2D eigenvalue weighted by atomic mass is 10.0. The van der Waals surface area contributed by atoms with Gasteiger partial charge in [-0.3, -0.25) is 0 Å². The first-order chi connectivity index (χ1) is 29.4. The Kier molecular flexibility index (Phi) is 63.9. The van der Waals surface area contributed by atoms with E-state index >= 15 is 0 Å². The molecule has 0 aromatic heterocycles. The fraction of sp³-hybridized carbons (Fsp3) is 0.966. The highest BCUT2D eigenvalue weighted by Gasteiger charge is 1.98. The zero-order valence-electron chi connectivity index (χ0n) is 42.0. The van der Waals surface area contributed by atoms with Crippen molar-refractivity contribution in [1.29, 1.82) is 0 Å². The molecule has 0 spiro atoms. The van der Waals surface area contributed by atoms with E-state index in [0.29, 0.717) is 0 Å². The predicted octanol–water partition coefficient (Wildman–Crippen LogP) is 22.5. The number of hydrogen-bond acceptors (Lipinski definition) is 0. The second kappa shape index (κ2) is 62.0. The van der Waals surface area contributed by atoms with Gasteiger partial charge < -0.3 is 5.32 Å². The third kappa shape index (κ3) is 62.1. The Bertz CT molecular complexity index is 604. The fourth-order valence-electron chi connectivity index (χ4n) is 9.19. The van der Waals surface area contributed by atoms with Crippen molar-refractivity contribution >= 4 is 0 Å². The Hall–Kier alpha value is -0.300. The van der Waals surface area contributed by atoms with Crippen molar-refractivity contribution < 1.29 is 0 Å². The second-order valence-electron chi connectivity index (χ2n) is 19.3. The van der Waals surface area contributed by atoms with Crippen molar-refractivity contribution in [2.75, 3.05) is 13.1 Å². The van der Waals surface area contributed by atoms with E-state index in [4.69, 9.17) is 5.32 Å². The van der Waals surface area contributed by atoms with E-state index in [2.05, 4.69) is 27.0 Å². The number of unbranched alkanes of at least 4 members (excludes halogenated alkanes) is 50. The second-order valence-corrected chi connectivity index (χ2v) is 19.3. The first-order valence-corrected chi connectivity index (χ1v) is 28.5. The molecule has 0 aliphatic carbocycles. The smallest absolute Gasteiger partial charge is 0.0533 e. The molecule has 0 heterocycles. The van der Waals surface area contributed by atoms with Crippen molar-refractivity contribution in [2.24, 2.45) is 0 Å². The Morgan fingerprint density at radius 3 is 0.390 bits per heavy atom. The van der Waals surface area contributed by atoms with Crippen molar-refractivity contribution in [3.05, 3.63) is 18.5 Å². The van der Waals surface area contributed by atoms with Gasteiger partial charge in [0, 0.05) is 0 Å². The van der Waals surface area contributed by atoms with E-state index < -0.39 is 0 Å². The van der Waals surface area contributed by atoms with Crippen molar-refractivity contribution in [3.8, 4) is 0 Å². The van der Waals surface area contributed by atoms with Gasteiger partial charge in [0.15, 0.2) is 0 Å². The SMILES string of the molecule is C=C.CCCCCCCCCCCCCCCCCCCCCCCCCCCC[N-]CCCCCCCCCCCCCCCCCCCCCCCCCCCC. The van der Waals surface area contributed by atoms with Crippen LogP contribution in [0.1, 0.15) is 348 Å². The van der Waals surface area contributed by atoms with Crippen molar-refractivity contribution in [3.63, 3.8) is 0 Å². The van der Waals surface area contributed by atoms with Crippen LogP contribution in [0.2, 0.25) is 0 Å². The first kappa shape index (κ1) is 60.8. The average Bonchev–Trinajstić information content (AvgIpc) is 3.26. The molecule has 0 saturated carbocycles. The normalized spacial score (nSPS) is 11.4. The van der Waals surface area contributed by atoms with Crippen LogP contribution in [0, 0.1) is 0 Å². The highest BCUT2D eigenvalue weighted by Crippen LogP contribution is 2.18. The molecular formula is C58H118N-. The van der Waals surface area contributed by atoms with Gasteiger partial charge in [-0.1, -0.05) is 348 Å². The summed E-state index contributed by atoms with van der Waals surface area (Å²) < 4.78 is 0. The number of rotatable bonds is 54. The van der Waals surface area contributed by atoms with Crippen LogP contribution < -0.4 is 0 Å². The van der Waals surface area contributed by atoms with Gasteiger partial charge in [0.25, 0.3) is 0 Å². The molecule has 0 aromatic rings. The van der Waals surface area contributed by atoms with E-state index in [-0.39, 0.29) is 0 Å². The molecule has 0 radical (unpaired) electrons. The summed E-state index contributed by atoms with van der Waals surface area (Å²) in [4.78, 5) is 0. The standard InChI is InChI=1S/C56H114N.C2H4/c1-3-5-7-9-11-13-15-17-19-21-23-25-27-29-31-33-35-37-39-41-43-45-47-49-51-53-55-57-56-54-52-50-48-46-44-42-40-38-36-34-32-30-28-26-24-22-20-18-16-14-12-10-8-6-4-2;1-2/h3-56H2,1-2H3;1-2H2/q-1;. The van der Waals surface area contributed by atoms with Gasteiger partial charge in [0.05, 0.1) is 0 Å². The minimum Gasteiger partial charge on any atom is -0.662 e. The summed E-state index contributed by atoms with van der Waals surface area (Å²) in [6.45, 7) is 12.9. The zero-order valence-corrected chi connectivity index (χ0v) is 42.0. The monoisotopic (exact) mass is 829 g/mol. The largest absolute Gasteiger partial charge is 0.662 e. The van der Waals surface area contributed by atoms with Gasteiger partial charge in [0.2, 0.25) is 0 Å². The van der Waals surface area contributed by atoms with Gasteiger partial charge in [0.1, 0.15) is 0 Å². The van der Waals surface area contributed by atoms with Crippen molar-refractivity contribution in [2.45, 2.75) is 348 Å². The van der Waals surface area contributed by atoms with Crippen molar-refractivity contribution in [1.82, 2.24) is 0 Å². The van der Waals surface area contributed by atoms with Gasteiger partial charge in [-0.2, -0.15) is 0 Å². The summed E-state index contributed by atoms with van der Waals surface area (Å²) in [5, 5.41) is 4.83. The van der Waals surface area contributed by atoms with Gasteiger partial charge in [-0.05, 0) is 0 Å². The van der Waals surface area contributed by atoms with Gasteiger partial charge in [-0.15, -0.1) is 26.2 Å². The summed E-state index contributed by atoms with van der Waals surface area (Å²) >= 11 is 0. The maximum absolute atomic E-state index is 4.83. The van der Waals surface area contributed by atoms with Crippen LogP contribution in [0.25, 0.3) is 5.32 Å². The zero-order chi connectivity index (χ0) is 42.9. The highest BCUT2D eigenvalue weighted by atomic mass is 14.8. The molecule has 0 amide bonds. The lowest BCUT2D eigenvalue weighted by Gasteiger charge is -2.18. The molecule has 0 fully saturated rings. The molecule has 1 nitrogen and oxygen atoms in total. The van der Waals surface area contributed by atoms with Crippen LogP contribution in [0.5, 0.6) is 0 Å². The Morgan fingerprint density at radius 1 is 0.169 bits per heavy atom. The quantitative estimate of drug-likeness (QED) is 0.0428. The fourth-order valence-corrected chi connectivity index (χ4v) is 9.19. The lowest BCUT2D eigenvalue weighted by molar-refractivity contribution is 0.515. The summed E-state index contributed by atoms with van der Waals surface area (Å²) in [6.07, 6.45) is 76.3.